The second kappa shape index (κ2) is 6.02. The van der Waals surface area contributed by atoms with E-state index < -0.39 is 5.97 Å². The highest BCUT2D eigenvalue weighted by Gasteiger charge is 2.22. The Morgan fingerprint density at radius 3 is 2.61 bits per heavy atom. The summed E-state index contributed by atoms with van der Waals surface area (Å²) >= 11 is 12.2. The van der Waals surface area contributed by atoms with Crippen molar-refractivity contribution in [2.75, 3.05) is 0 Å². The fourth-order valence-corrected chi connectivity index (χ4v) is 2.81. The van der Waals surface area contributed by atoms with E-state index in [4.69, 9.17) is 23.2 Å². The van der Waals surface area contributed by atoms with E-state index in [1.165, 1.54) is 0 Å². The number of aromatic carboxylic acids is 1. The van der Waals surface area contributed by atoms with Gasteiger partial charge in [0.1, 0.15) is 11.6 Å². The summed E-state index contributed by atoms with van der Waals surface area (Å²) in [5.74, 6) is -0.144. The van der Waals surface area contributed by atoms with Crippen LogP contribution in [0.5, 0.6) is 0 Å². The molecule has 0 spiro atoms. The van der Waals surface area contributed by atoms with Crippen molar-refractivity contribution < 1.29 is 9.90 Å². The number of aromatic nitrogens is 3. The Balaban J connectivity index is 2.32. The van der Waals surface area contributed by atoms with E-state index in [9.17, 15) is 9.90 Å². The molecule has 7 heteroatoms. The highest BCUT2D eigenvalue weighted by Crippen LogP contribution is 2.32. The van der Waals surface area contributed by atoms with Crippen molar-refractivity contribution in [3.8, 4) is 17.2 Å². The first-order chi connectivity index (χ1) is 11.0. The maximum atomic E-state index is 11.4. The molecule has 3 rings (SSSR count). The normalized spacial score (nSPS) is 10.7. The highest BCUT2D eigenvalue weighted by molar-refractivity contribution is 6.36. The van der Waals surface area contributed by atoms with Gasteiger partial charge in [-0.3, -0.25) is 4.57 Å². The van der Waals surface area contributed by atoms with Crippen LogP contribution < -0.4 is 0 Å². The fourth-order valence-electron chi connectivity index (χ4n) is 2.32. The predicted molar refractivity (Wildman–Crippen MR) is 88.5 cm³/mol. The summed E-state index contributed by atoms with van der Waals surface area (Å²) in [5, 5.41) is 10.2. The molecule has 0 aliphatic heterocycles. The summed E-state index contributed by atoms with van der Waals surface area (Å²) in [6.07, 6.45) is 1.63. The van der Waals surface area contributed by atoms with Gasteiger partial charge >= 0.3 is 5.97 Å². The molecule has 0 unspecified atom stereocenters. The van der Waals surface area contributed by atoms with Crippen LogP contribution in [-0.4, -0.2) is 25.6 Å². The molecule has 0 saturated carbocycles. The lowest BCUT2D eigenvalue weighted by Crippen LogP contribution is -2.04. The third-order valence-electron chi connectivity index (χ3n) is 3.36. The van der Waals surface area contributed by atoms with Crippen LogP contribution in [0.4, 0.5) is 0 Å². The molecule has 23 heavy (non-hydrogen) atoms. The number of imidazole rings is 1. The van der Waals surface area contributed by atoms with Gasteiger partial charge in [0.25, 0.3) is 0 Å². The molecule has 2 heterocycles. The molecule has 0 bridgehead atoms. The Labute approximate surface area is 142 Å². The van der Waals surface area contributed by atoms with E-state index in [1.807, 2.05) is 6.07 Å². The van der Waals surface area contributed by atoms with E-state index in [0.29, 0.717) is 32.9 Å². The van der Waals surface area contributed by atoms with Crippen molar-refractivity contribution in [2.24, 2.45) is 0 Å². The van der Waals surface area contributed by atoms with Crippen LogP contribution in [0.2, 0.25) is 10.0 Å². The van der Waals surface area contributed by atoms with Crippen LogP contribution >= 0.6 is 23.2 Å². The van der Waals surface area contributed by atoms with Gasteiger partial charge in [0.05, 0.1) is 10.7 Å². The van der Waals surface area contributed by atoms with Crippen molar-refractivity contribution >= 4 is 29.2 Å². The Hall–Kier alpha value is -2.37. The van der Waals surface area contributed by atoms with Crippen LogP contribution in [0.3, 0.4) is 0 Å². The number of hydrogen-bond acceptors (Lipinski definition) is 3. The Kier molecular flexibility index (Phi) is 4.07. The molecule has 116 valence electrons. The average molecular weight is 348 g/mol. The van der Waals surface area contributed by atoms with E-state index in [1.54, 1.807) is 48.0 Å². The molecule has 0 atom stereocenters. The maximum Gasteiger partial charge on any atom is 0.356 e. The Bertz CT molecular complexity index is 892. The topological polar surface area (TPSA) is 68.0 Å². The van der Waals surface area contributed by atoms with Crippen LogP contribution in [0.25, 0.3) is 17.2 Å². The van der Waals surface area contributed by atoms with Gasteiger partial charge in [-0.05, 0) is 37.3 Å². The molecular formula is C16H11Cl2N3O2. The summed E-state index contributed by atoms with van der Waals surface area (Å²) in [4.78, 5) is 20.0. The van der Waals surface area contributed by atoms with E-state index >= 15 is 0 Å². The van der Waals surface area contributed by atoms with Gasteiger partial charge in [-0.25, -0.2) is 14.8 Å². The largest absolute Gasteiger partial charge is 0.476 e. The Morgan fingerprint density at radius 2 is 2.00 bits per heavy atom. The molecule has 0 radical (unpaired) electrons. The minimum absolute atomic E-state index is 0.0448. The van der Waals surface area contributed by atoms with Crippen molar-refractivity contribution in [3.05, 3.63) is 64.0 Å². The lowest BCUT2D eigenvalue weighted by Gasteiger charge is -2.10. The zero-order chi connectivity index (χ0) is 16.6. The van der Waals surface area contributed by atoms with E-state index in [0.717, 1.165) is 0 Å². The highest BCUT2D eigenvalue weighted by atomic mass is 35.5. The number of rotatable bonds is 3. The molecule has 0 saturated heterocycles. The number of hydrogen-bond donors (Lipinski definition) is 1. The van der Waals surface area contributed by atoms with Gasteiger partial charge in [-0.2, -0.15) is 0 Å². The summed E-state index contributed by atoms with van der Waals surface area (Å²) in [7, 11) is 0. The molecular weight excluding hydrogens is 337 g/mol. The van der Waals surface area contributed by atoms with E-state index in [2.05, 4.69) is 9.97 Å². The minimum Gasteiger partial charge on any atom is -0.476 e. The van der Waals surface area contributed by atoms with Gasteiger partial charge in [-0.1, -0.05) is 29.3 Å². The second-order valence-electron chi connectivity index (χ2n) is 4.82. The van der Waals surface area contributed by atoms with Gasteiger partial charge in [0.2, 0.25) is 0 Å². The SMILES string of the molecule is Cc1c(C(=O)O)nc(-c2ccc(Cl)cc2Cl)n1-c1ccccn1. The quantitative estimate of drug-likeness (QED) is 0.768. The number of halogens is 2. The first-order valence-electron chi connectivity index (χ1n) is 6.68. The standard InChI is InChI=1S/C16H11Cl2N3O2/c1-9-14(16(22)23)20-15(11-6-5-10(17)8-12(11)18)21(9)13-4-2-3-7-19-13/h2-8H,1H3,(H,22,23). The molecule has 0 aliphatic rings. The van der Waals surface area contributed by atoms with Crippen molar-refractivity contribution in [3.63, 3.8) is 0 Å². The molecule has 2 aromatic heterocycles. The monoisotopic (exact) mass is 347 g/mol. The van der Waals surface area contributed by atoms with Crippen LogP contribution in [-0.2, 0) is 0 Å². The third-order valence-corrected chi connectivity index (χ3v) is 3.91. The summed E-state index contributed by atoms with van der Waals surface area (Å²) < 4.78 is 1.67. The lowest BCUT2D eigenvalue weighted by atomic mass is 10.2. The van der Waals surface area contributed by atoms with Crippen molar-refractivity contribution in [2.45, 2.75) is 6.92 Å². The van der Waals surface area contributed by atoms with Crippen LogP contribution in [0, 0.1) is 6.92 Å². The predicted octanol–water partition coefficient (Wildman–Crippen LogP) is 4.25. The number of nitrogens with zero attached hydrogens (tertiary/aromatic N) is 3. The summed E-state index contributed by atoms with van der Waals surface area (Å²) in [6, 6.07) is 10.3. The number of carboxylic acids is 1. The molecule has 1 aromatic carbocycles. The first-order valence-corrected chi connectivity index (χ1v) is 7.44. The van der Waals surface area contributed by atoms with Crippen LogP contribution in [0.1, 0.15) is 16.2 Å². The van der Waals surface area contributed by atoms with Gasteiger partial charge in [-0.15, -0.1) is 0 Å². The summed E-state index contributed by atoms with van der Waals surface area (Å²) in [6.45, 7) is 1.68. The molecule has 3 aromatic rings. The third kappa shape index (κ3) is 2.81. The zero-order valence-electron chi connectivity index (χ0n) is 12.0. The molecule has 0 amide bonds. The first kappa shape index (κ1) is 15.5. The molecule has 5 nitrogen and oxygen atoms in total. The van der Waals surface area contributed by atoms with Crippen LogP contribution in [0.15, 0.2) is 42.6 Å². The lowest BCUT2D eigenvalue weighted by molar-refractivity contribution is 0.0690. The number of carboxylic acid groups (broad SMARTS) is 1. The van der Waals surface area contributed by atoms with Gasteiger partial charge < -0.3 is 5.11 Å². The van der Waals surface area contributed by atoms with Gasteiger partial charge in [0.15, 0.2) is 5.69 Å². The fraction of sp³-hybridized carbons (Fsp3) is 0.0625. The number of benzene rings is 1. The minimum atomic E-state index is -1.11. The van der Waals surface area contributed by atoms with Crippen molar-refractivity contribution in [1.29, 1.82) is 0 Å². The van der Waals surface area contributed by atoms with Crippen molar-refractivity contribution in [1.82, 2.24) is 14.5 Å². The molecule has 1 N–H and O–H groups in total. The number of pyridine rings is 1. The molecule has 0 aliphatic carbocycles. The Morgan fingerprint density at radius 1 is 1.22 bits per heavy atom. The van der Waals surface area contributed by atoms with E-state index in [-0.39, 0.29) is 5.69 Å². The summed E-state index contributed by atoms with van der Waals surface area (Å²) in [5.41, 5.74) is 1.01. The molecule has 0 fully saturated rings. The maximum absolute atomic E-state index is 11.4. The number of carbonyl (C=O) groups is 1. The second-order valence-corrected chi connectivity index (χ2v) is 5.67. The average Bonchev–Trinajstić information content (AvgIpc) is 2.85. The van der Waals surface area contributed by atoms with Gasteiger partial charge in [0, 0.05) is 16.8 Å². The zero-order valence-corrected chi connectivity index (χ0v) is 13.5. The smallest absolute Gasteiger partial charge is 0.356 e.